The Morgan fingerprint density at radius 1 is 1.17 bits per heavy atom. The molecule has 0 spiro atoms. The molecule has 2 rings (SSSR count). The Hall–Kier alpha value is -2.42. The number of sulfonamides is 1. The predicted molar refractivity (Wildman–Crippen MR) is 118 cm³/mol. The van der Waals surface area contributed by atoms with Crippen molar-refractivity contribution in [2.45, 2.75) is 57.8 Å². The van der Waals surface area contributed by atoms with Crippen LogP contribution in [0.3, 0.4) is 0 Å². The third kappa shape index (κ3) is 7.12. The largest absolute Gasteiger partial charge is 0.362 e. The molecule has 166 valence electrons. The number of benzene rings is 1. The van der Waals surface area contributed by atoms with Crippen molar-refractivity contribution in [3.63, 3.8) is 0 Å². The molecule has 1 aromatic rings. The molecule has 8 nitrogen and oxygen atoms in total. The second kappa shape index (κ2) is 10.1. The van der Waals surface area contributed by atoms with Crippen LogP contribution in [0.15, 0.2) is 33.6 Å². The summed E-state index contributed by atoms with van der Waals surface area (Å²) >= 11 is 0. The number of anilines is 1. The van der Waals surface area contributed by atoms with Crippen molar-refractivity contribution in [3.8, 4) is 0 Å². The van der Waals surface area contributed by atoms with Gasteiger partial charge in [0.1, 0.15) is 5.84 Å². The Labute approximate surface area is 179 Å². The summed E-state index contributed by atoms with van der Waals surface area (Å²) in [6.07, 6.45) is 3.72. The van der Waals surface area contributed by atoms with Crippen LogP contribution in [0, 0.1) is 5.41 Å². The minimum absolute atomic E-state index is 0.0338. The van der Waals surface area contributed by atoms with Gasteiger partial charge in [-0.3, -0.25) is 9.59 Å². The number of likely N-dealkylation sites (tertiary alicyclic amines) is 1. The van der Waals surface area contributed by atoms with E-state index in [2.05, 4.69) is 15.0 Å². The third-order valence-electron chi connectivity index (χ3n) is 4.79. The quantitative estimate of drug-likeness (QED) is 0.713. The van der Waals surface area contributed by atoms with Crippen molar-refractivity contribution in [2.75, 3.05) is 25.5 Å². The number of nitrogens with zero attached hydrogens (tertiary/aromatic N) is 2. The summed E-state index contributed by atoms with van der Waals surface area (Å²) in [4.78, 5) is 25.9. The zero-order valence-corrected chi connectivity index (χ0v) is 19.0. The first-order valence-corrected chi connectivity index (χ1v) is 11.7. The summed E-state index contributed by atoms with van der Waals surface area (Å²) < 4.78 is 29.6. The standard InChI is InChI=1S/C21H32N4O4S/c1-21(2,3)20(27)22-13-12-19(26)23-16-9-8-10-17(15-16)30(28,29)24-18-11-6-5-7-14-25(18)4/h8-10,15H,5-7,11-14H2,1-4H3,(H,22,27)(H,23,26)/b24-18+. The summed E-state index contributed by atoms with van der Waals surface area (Å²) in [6.45, 7) is 6.38. The van der Waals surface area contributed by atoms with Crippen molar-refractivity contribution in [1.29, 1.82) is 0 Å². The molecule has 0 unspecified atom stereocenters. The van der Waals surface area contributed by atoms with Gasteiger partial charge in [-0.15, -0.1) is 4.40 Å². The van der Waals surface area contributed by atoms with Crippen molar-refractivity contribution in [1.82, 2.24) is 10.2 Å². The number of amidine groups is 1. The van der Waals surface area contributed by atoms with Gasteiger partial charge in [0.15, 0.2) is 0 Å². The van der Waals surface area contributed by atoms with Crippen molar-refractivity contribution < 1.29 is 18.0 Å². The number of carbonyl (C=O) groups is 2. The van der Waals surface area contributed by atoms with Crippen LogP contribution >= 0.6 is 0 Å². The van der Waals surface area contributed by atoms with E-state index in [4.69, 9.17) is 0 Å². The minimum atomic E-state index is -3.87. The molecule has 1 aliphatic heterocycles. The highest BCUT2D eigenvalue weighted by molar-refractivity contribution is 7.90. The summed E-state index contributed by atoms with van der Waals surface area (Å²) in [6, 6.07) is 6.06. The average molecular weight is 437 g/mol. The fourth-order valence-corrected chi connectivity index (χ4v) is 4.09. The van der Waals surface area contributed by atoms with Crippen molar-refractivity contribution >= 4 is 33.4 Å². The number of amides is 2. The highest BCUT2D eigenvalue weighted by Crippen LogP contribution is 2.20. The lowest BCUT2D eigenvalue weighted by molar-refractivity contribution is -0.128. The lowest BCUT2D eigenvalue weighted by atomic mass is 9.96. The number of hydrogen-bond donors (Lipinski definition) is 2. The Morgan fingerprint density at radius 3 is 2.60 bits per heavy atom. The second-order valence-corrected chi connectivity index (χ2v) is 10.2. The molecule has 0 saturated carbocycles. The van der Waals surface area contributed by atoms with Crippen LogP contribution < -0.4 is 10.6 Å². The van der Waals surface area contributed by atoms with Gasteiger partial charge in [0.2, 0.25) is 11.8 Å². The predicted octanol–water partition coefficient (Wildman–Crippen LogP) is 2.77. The topological polar surface area (TPSA) is 108 Å². The van der Waals surface area contributed by atoms with Crippen LogP contribution in [-0.2, 0) is 19.6 Å². The number of nitrogens with one attached hydrogen (secondary N) is 2. The first kappa shape index (κ1) is 23.9. The zero-order valence-electron chi connectivity index (χ0n) is 18.2. The van der Waals surface area contributed by atoms with E-state index in [-0.39, 0.29) is 29.7 Å². The van der Waals surface area contributed by atoms with Crippen LogP contribution in [0.2, 0.25) is 0 Å². The molecule has 0 radical (unpaired) electrons. The number of carbonyl (C=O) groups excluding carboxylic acids is 2. The zero-order chi connectivity index (χ0) is 22.4. The summed E-state index contributed by atoms with van der Waals surface area (Å²) in [5.41, 5.74) is -0.149. The average Bonchev–Trinajstić information content (AvgIpc) is 2.85. The van der Waals surface area contributed by atoms with E-state index in [1.807, 2.05) is 11.9 Å². The maximum absolute atomic E-state index is 12.8. The lowest BCUT2D eigenvalue weighted by Crippen LogP contribution is -2.36. The van der Waals surface area contributed by atoms with Gasteiger partial charge < -0.3 is 15.5 Å². The summed E-state index contributed by atoms with van der Waals surface area (Å²) in [5, 5.41) is 5.39. The molecule has 9 heteroatoms. The van der Waals surface area contributed by atoms with Gasteiger partial charge in [-0.25, -0.2) is 0 Å². The molecule has 1 aromatic carbocycles. The van der Waals surface area contributed by atoms with E-state index in [0.29, 0.717) is 17.9 Å². The molecule has 0 atom stereocenters. The number of rotatable bonds is 6. The highest BCUT2D eigenvalue weighted by Gasteiger charge is 2.21. The molecular weight excluding hydrogens is 404 g/mol. The van der Waals surface area contributed by atoms with Crippen LogP contribution in [0.25, 0.3) is 0 Å². The molecule has 1 fully saturated rings. The molecule has 0 aromatic heterocycles. The number of hydrogen-bond acceptors (Lipinski definition) is 4. The molecule has 1 saturated heterocycles. The van der Waals surface area contributed by atoms with E-state index in [1.165, 1.54) is 12.1 Å². The Balaban J connectivity index is 2.03. The minimum Gasteiger partial charge on any atom is -0.362 e. The lowest BCUT2D eigenvalue weighted by Gasteiger charge is -2.18. The van der Waals surface area contributed by atoms with Gasteiger partial charge in [-0.1, -0.05) is 33.3 Å². The normalized spacial score (nSPS) is 16.8. The maximum Gasteiger partial charge on any atom is 0.284 e. The van der Waals surface area contributed by atoms with Crippen LogP contribution in [0.1, 0.15) is 52.9 Å². The molecule has 0 bridgehead atoms. The molecule has 2 N–H and O–H groups in total. The van der Waals surface area contributed by atoms with Crippen molar-refractivity contribution in [3.05, 3.63) is 24.3 Å². The van der Waals surface area contributed by atoms with E-state index in [0.717, 1.165) is 25.8 Å². The highest BCUT2D eigenvalue weighted by atomic mass is 32.2. The third-order valence-corrected chi connectivity index (χ3v) is 6.10. The smallest absolute Gasteiger partial charge is 0.284 e. The van der Waals surface area contributed by atoms with Crippen molar-refractivity contribution in [2.24, 2.45) is 9.81 Å². The first-order valence-electron chi connectivity index (χ1n) is 10.2. The Morgan fingerprint density at radius 2 is 1.90 bits per heavy atom. The Bertz CT molecular complexity index is 904. The van der Waals surface area contributed by atoms with Gasteiger partial charge in [-0.05, 0) is 31.0 Å². The van der Waals surface area contributed by atoms with E-state index >= 15 is 0 Å². The van der Waals surface area contributed by atoms with Gasteiger partial charge in [0.05, 0.1) is 4.90 Å². The van der Waals surface area contributed by atoms with Gasteiger partial charge in [0.25, 0.3) is 10.0 Å². The van der Waals surface area contributed by atoms with E-state index in [9.17, 15) is 18.0 Å². The SMILES string of the molecule is CN1CCCCC/C1=N\S(=O)(=O)c1cccc(NC(=O)CCNC(=O)C(C)(C)C)c1. The fraction of sp³-hybridized carbons (Fsp3) is 0.571. The Kier molecular flexibility index (Phi) is 8.00. The second-order valence-electron chi connectivity index (χ2n) is 8.55. The molecular formula is C21H32N4O4S. The monoisotopic (exact) mass is 436 g/mol. The van der Waals surface area contributed by atoms with Crippen LogP contribution in [-0.4, -0.2) is 51.1 Å². The first-order chi connectivity index (χ1) is 14.0. The van der Waals surface area contributed by atoms with Gasteiger partial charge in [-0.2, -0.15) is 8.42 Å². The molecule has 1 aliphatic rings. The molecule has 30 heavy (non-hydrogen) atoms. The van der Waals surface area contributed by atoms with Gasteiger partial charge >= 0.3 is 0 Å². The van der Waals surface area contributed by atoms with Crippen LogP contribution in [0.5, 0.6) is 0 Å². The van der Waals surface area contributed by atoms with Crippen LogP contribution in [0.4, 0.5) is 5.69 Å². The molecule has 0 aliphatic carbocycles. The summed E-state index contributed by atoms with van der Waals surface area (Å²) in [5.74, 6) is 0.121. The molecule has 1 heterocycles. The van der Waals surface area contributed by atoms with E-state index in [1.54, 1.807) is 32.9 Å². The summed E-state index contributed by atoms with van der Waals surface area (Å²) in [7, 11) is -2.02. The van der Waals surface area contributed by atoms with E-state index < -0.39 is 15.4 Å². The fourth-order valence-electron chi connectivity index (χ4n) is 2.95. The molecule has 2 amide bonds. The van der Waals surface area contributed by atoms with Gasteiger partial charge in [0, 0.05) is 44.1 Å². The maximum atomic E-state index is 12.8.